The van der Waals surface area contributed by atoms with Gasteiger partial charge in [0.1, 0.15) is 0 Å². The summed E-state index contributed by atoms with van der Waals surface area (Å²) in [5.41, 5.74) is 5.13. The van der Waals surface area contributed by atoms with Crippen LogP contribution in [0.3, 0.4) is 0 Å². The standard InChI is InChI=1S/C24H33BrN4O/c1-5-9-29-14-16(26-24(30)28(7-3)8-4)12-17-18-10-15(25)11-21-23(18)19(13-22(17)29)20(6-2)27-21/h6,10-11,16-17,22,27H,2,5,7-9,12-14H2,1,3-4H3,(H,26,30). The number of likely N-dealkylation sites (tertiary alicyclic amines) is 1. The van der Waals surface area contributed by atoms with Crippen LogP contribution in [0.4, 0.5) is 4.79 Å². The molecule has 3 atom stereocenters. The number of rotatable bonds is 6. The van der Waals surface area contributed by atoms with Crippen molar-refractivity contribution >= 4 is 38.9 Å². The molecule has 0 bridgehead atoms. The van der Waals surface area contributed by atoms with E-state index in [4.69, 9.17) is 0 Å². The van der Waals surface area contributed by atoms with Crippen LogP contribution in [0.25, 0.3) is 17.0 Å². The molecular weight excluding hydrogens is 440 g/mol. The zero-order valence-corrected chi connectivity index (χ0v) is 19.9. The topological polar surface area (TPSA) is 51.4 Å². The number of carbonyl (C=O) groups is 1. The summed E-state index contributed by atoms with van der Waals surface area (Å²) in [5.74, 6) is 0.410. The van der Waals surface area contributed by atoms with Crippen molar-refractivity contribution < 1.29 is 4.79 Å². The van der Waals surface area contributed by atoms with Crippen molar-refractivity contribution in [2.75, 3.05) is 26.2 Å². The Kier molecular flexibility index (Phi) is 6.26. The Morgan fingerprint density at radius 2 is 2.13 bits per heavy atom. The number of nitrogens with one attached hydrogen (secondary N) is 2. The normalized spacial score (nSPS) is 23.3. The lowest BCUT2D eigenvalue weighted by molar-refractivity contribution is 0.0979. The van der Waals surface area contributed by atoms with E-state index in [-0.39, 0.29) is 12.1 Å². The zero-order chi connectivity index (χ0) is 21.4. The Morgan fingerprint density at radius 1 is 1.37 bits per heavy atom. The minimum atomic E-state index is 0.0615. The summed E-state index contributed by atoms with van der Waals surface area (Å²) in [4.78, 5) is 20.8. The third-order valence-corrected chi connectivity index (χ3v) is 7.32. The molecule has 2 heterocycles. The molecule has 2 amide bonds. The van der Waals surface area contributed by atoms with Gasteiger partial charge in [-0.3, -0.25) is 4.90 Å². The van der Waals surface area contributed by atoms with Crippen LogP contribution in [0.5, 0.6) is 0 Å². The smallest absolute Gasteiger partial charge is 0.317 e. The van der Waals surface area contributed by atoms with Crippen molar-refractivity contribution in [3.63, 3.8) is 0 Å². The average molecular weight is 473 g/mol. The Bertz CT molecular complexity index is 948. The number of aromatic amines is 1. The summed E-state index contributed by atoms with van der Waals surface area (Å²) in [6.45, 7) is 13.8. The van der Waals surface area contributed by atoms with Gasteiger partial charge in [-0.15, -0.1) is 0 Å². The van der Waals surface area contributed by atoms with Gasteiger partial charge in [0, 0.05) is 58.7 Å². The number of hydrogen-bond donors (Lipinski definition) is 2. The van der Waals surface area contributed by atoms with Gasteiger partial charge < -0.3 is 15.2 Å². The number of hydrogen-bond acceptors (Lipinski definition) is 2. The summed E-state index contributed by atoms with van der Waals surface area (Å²) < 4.78 is 1.10. The fourth-order valence-corrected chi connectivity index (χ4v) is 6.02. The van der Waals surface area contributed by atoms with Crippen LogP contribution in [0, 0.1) is 0 Å². The van der Waals surface area contributed by atoms with Crippen LogP contribution >= 0.6 is 15.9 Å². The number of H-pyrrole nitrogens is 1. The molecule has 1 aliphatic carbocycles. The van der Waals surface area contributed by atoms with Crippen molar-refractivity contribution in [1.29, 1.82) is 0 Å². The third-order valence-electron chi connectivity index (χ3n) is 6.86. The number of halogens is 1. The van der Waals surface area contributed by atoms with Crippen LogP contribution in [0.1, 0.15) is 56.4 Å². The molecule has 2 N–H and O–H groups in total. The van der Waals surface area contributed by atoms with Gasteiger partial charge in [-0.1, -0.05) is 29.4 Å². The van der Waals surface area contributed by atoms with E-state index in [1.807, 2.05) is 24.8 Å². The highest BCUT2D eigenvalue weighted by Gasteiger charge is 2.41. The van der Waals surface area contributed by atoms with Crippen molar-refractivity contribution in [2.24, 2.45) is 0 Å². The maximum absolute atomic E-state index is 12.8. The number of benzene rings is 1. The Balaban J connectivity index is 1.71. The Hall–Kier alpha value is -1.79. The molecule has 1 aromatic carbocycles. The van der Waals surface area contributed by atoms with Crippen molar-refractivity contribution in [3.8, 4) is 0 Å². The number of amides is 2. The molecule has 5 nitrogen and oxygen atoms in total. The lowest BCUT2D eigenvalue weighted by Gasteiger charge is -2.47. The number of aromatic nitrogens is 1. The maximum atomic E-state index is 12.8. The first-order chi connectivity index (χ1) is 14.5. The predicted molar refractivity (Wildman–Crippen MR) is 128 cm³/mol. The SMILES string of the molecule is C=Cc1[nH]c2cc(Br)cc3c2c1CC1C3CC(NC(=O)N(CC)CC)CN1CCC. The molecular formula is C24H33BrN4O. The minimum Gasteiger partial charge on any atom is -0.355 e. The molecule has 4 rings (SSSR count). The molecule has 162 valence electrons. The highest BCUT2D eigenvalue weighted by atomic mass is 79.9. The van der Waals surface area contributed by atoms with Crippen LogP contribution in [-0.4, -0.2) is 59.1 Å². The number of urea groups is 1. The molecule has 3 unspecified atom stereocenters. The second-order valence-electron chi connectivity index (χ2n) is 8.57. The third kappa shape index (κ3) is 3.69. The minimum absolute atomic E-state index is 0.0615. The first-order valence-electron chi connectivity index (χ1n) is 11.3. The molecule has 2 aromatic rings. The molecule has 1 aromatic heterocycles. The molecule has 0 saturated carbocycles. The second-order valence-corrected chi connectivity index (χ2v) is 9.48. The second kappa shape index (κ2) is 8.75. The molecule has 30 heavy (non-hydrogen) atoms. The molecule has 1 fully saturated rings. The van der Waals surface area contributed by atoms with Crippen molar-refractivity contribution in [2.45, 2.75) is 58.0 Å². The van der Waals surface area contributed by atoms with E-state index >= 15 is 0 Å². The lowest BCUT2D eigenvalue weighted by atomic mass is 9.73. The molecule has 6 heteroatoms. The van der Waals surface area contributed by atoms with Crippen LogP contribution in [0.2, 0.25) is 0 Å². The maximum Gasteiger partial charge on any atom is 0.317 e. The molecule has 1 aliphatic heterocycles. The van der Waals surface area contributed by atoms with Crippen molar-refractivity contribution in [3.05, 3.63) is 40.0 Å². The van der Waals surface area contributed by atoms with E-state index in [1.54, 1.807) is 0 Å². The van der Waals surface area contributed by atoms with Gasteiger partial charge in [0.05, 0.1) is 0 Å². The largest absolute Gasteiger partial charge is 0.355 e. The number of piperidine rings is 1. The summed E-state index contributed by atoms with van der Waals surface area (Å²) in [5, 5.41) is 4.70. The fraction of sp³-hybridized carbons (Fsp3) is 0.542. The van der Waals surface area contributed by atoms with Crippen LogP contribution in [0.15, 0.2) is 23.2 Å². The summed E-state index contributed by atoms with van der Waals surface area (Å²) >= 11 is 3.72. The molecule has 0 radical (unpaired) electrons. The van der Waals surface area contributed by atoms with Gasteiger partial charge in [-0.2, -0.15) is 0 Å². The lowest BCUT2D eigenvalue weighted by Crippen LogP contribution is -2.57. The van der Waals surface area contributed by atoms with Crippen molar-refractivity contribution in [1.82, 2.24) is 20.1 Å². The van der Waals surface area contributed by atoms with E-state index in [9.17, 15) is 4.79 Å². The summed E-state index contributed by atoms with van der Waals surface area (Å²) in [6, 6.07) is 5.15. The van der Waals surface area contributed by atoms with Gasteiger partial charge in [-0.05, 0) is 69.0 Å². The fourth-order valence-electron chi connectivity index (χ4n) is 5.55. The molecule has 1 saturated heterocycles. The highest BCUT2D eigenvalue weighted by molar-refractivity contribution is 9.10. The highest BCUT2D eigenvalue weighted by Crippen LogP contribution is 2.46. The van der Waals surface area contributed by atoms with Gasteiger partial charge >= 0.3 is 6.03 Å². The first-order valence-corrected chi connectivity index (χ1v) is 12.1. The van der Waals surface area contributed by atoms with E-state index < -0.39 is 0 Å². The van der Waals surface area contributed by atoms with Gasteiger partial charge in [-0.25, -0.2) is 4.79 Å². The van der Waals surface area contributed by atoms with Crippen LogP contribution < -0.4 is 5.32 Å². The van der Waals surface area contributed by atoms with Gasteiger partial charge in [0.2, 0.25) is 0 Å². The van der Waals surface area contributed by atoms with Crippen LogP contribution in [-0.2, 0) is 6.42 Å². The molecule has 2 aliphatic rings. The summed E-state index contributed by atoms with van der Waals surface area (Å²) in [7, 11) is 0. The monoisotopic (exact) mass is 472 g/mol. The van der Waals surface area contributed by atoms with Gasteiger partial charge in [0.15, 0.2) is 0 Å². The number of fused-ring (bicyclic) bond motifs is 2. The first kappa shape index (κ1) is 21.4. The predicted octanol–water partition coefficient (Wildman–Crippen LogP) is 5.12. The Labute approximate surface area is 188 Å². The number of nitrogens with zero attached hydrogens (tertiary/aromatic N) is 2. The van der Waals surface area contributed by atoms with E-state index in [2.05, 4.69) is 56.8 Å². The number of carbonyl (C=O) groups excluding carboxylic acids is 1. The average Bonchev–Trinajstić information content (AvgIpc) is 3.07. The van der Waals surface area contributed by atoms with E-state index in [0.29, 0.717) is 12.0 Å². The van der Waals surface area contributed by atoms with Gasteiger partial charge in [0.25, 0.3) is 0 Å². The van der Waals surface area contributed by atoms with E-state index in [1.165, 1.54) is 22.0 Å². The van der Waals surface area contributed by atoms with E-state index in [0.717, 1.165) is 55.6 Å². The molecule has 0 spiro atoms. The Morgan fingerprint density at radius 3 is 2.80 bits per heavy atom. The zero-order valence-electron chi connectivity index (χ0n) is 18.3. The summed E-state index contributed by atoms with van der Waals surface area (Å²) in [6.07, 6.45) is 5.09. The quantitative estimate of drug-likeness (QED) is 0.612.